The molecule has 2 aromatic rings. The first-order valence-corrected chi connectivity index (χ1v) is 8.86. The Kier molecular flexibility index (Phi) is 3.86. The fraction of sp³-hybridized carbons (Fsp3) is 0.400. The second-order valence-electron chi connectivity index (χ2n) is 7.17. The van der Waals surface area contributed by atoms with Gasteiger partial charge in [-0.2, -0.15) is 0 Å². The Balaban J connectivity index is 1.52. The fourth-order valence-electron chi connectivity index (χ4n) is 4.35. The Labute approximate surface area is 147 Å². The summed E-state index contributed by atoms with van der Waals surface area (Å²) in [5.74, 6) is 0.382. The molecule has 1 atom stereocenters. The maximum Gasteiger partial charge on any atom is 0.270 e. The summed E-state index contributed by atoms with van der Waals surface area (Å²) >= 11 is 0. The lowest BCUT2D eigenvalue weighted by Crippen LogP contribution is -2.54. The Morgan fingerprint density at radius 2 is 1.84 bits per heavy atom. The number of aryl methyl sites for hydroxylation is 1. The van der Waals surface area contributed by atoms with Crippen molar-refractivity contribution in [1.82, 2.24) is 14.8 Å². The zero-order chi connectivity index (χ0) is 17.4. The highest BCUT2D eigenvalue weighted by Gasteiger charge is 2.49. The van der Waals surface area contributed by atoms with E-state index in [1.807, 2.05) is 53.0 Å². The molecule has 0 radical (unpaired) electrons. The van der Waals surface area contributed by atoms with Crippen molar-refractivity contribution in [3.05, 3.63) is 59.9 Å². The van der Waals surface area contributed by atoms with Gasteiger partial charge in [-0.15, -0.1) is 0 Å². The molecule has 1 aromatic heterocycles. The molecule has 130 valence electrons. The normalized spacial score (nSPS) is 22.2. The van der Waals surface area contributed by atoms with Crippen molar-refractivity contribution in [2.45, 2.75) is 30.7 Å². The van der Waals surface area contributed by atoms with Crippen molar-refractivity contribution in [3.8, 4) is 0 Å². The second kappa shape index (κ2) is 6.06. The van der Waals surface area contributed by atoms with Gasteiger partial charge in [0.05, 0.1) is 5.54 Å². The fourth-order valence-corrected chi connectivity index (χ4v) is 4.35. The number of hydrogen-bond donors (Lipinski definition) is 1. The van der Waals surface area contributed by atoms with Crippen LogP contribution in [0.1, 0.15) is 41.2 Å². The van der Waals surface area contributed by atoms with Gasteiger partial charge in [-0.3, -0.25) is 9.59 Å². The molecule has 2 saturated heterocycles. The molecule has 2 aliphatic heterocycles. The number of carbonyl (C=O) groups is 2. The number of hydrogen-bond acceptors (Lipinski definition) is 2. The number of amides is 2. The van der Waals surface area contributed by atoms with Gasteiger partial charge >= 0.3 is 0 Å². The van der Waals surface area contributed by atoms with E-state index in [2.05, 4.69) is 17.4 Å². The van der Waals surface area contributed by atoms with Crippen LogP contribution in [0.15, 0.2) is 48.7 Å². The van der Waals surface area contributed by atoms with Gasteiger partial charge in [0, 0.05) is 38.7 Å². The van der Waals surface area contributed by atoms with Crippen LogP contribution in [0.4, 0.5) is 0 Å². The number of nitrogens with zero attached hydrogens (tertiary/aromatic N) is 2. The Morgan fingerprint density at radius 1 is 1.12 bits per heavy atom. The standard InChI is InChI=1S/C20H23N3O2/c1-22-11-5-8-17(22)19(25)23-12-9-20(10-13-23)16(14-18(24)21-20)15-6-3-2-4-7-15/h2-8,11,16H,9-10,12-14H2,1H3,(H,21,24)/t16-/m1/s1. The summed E-state index contributed by atoms with van der Waals surface area (Å²) in [6, 6.07) is 14.0. The second-order valence-corrected chi connectivity index (χ2v) is 7.17. The van der Waals surface area contributed by atoms with Crippen molar-refractivity contribution >= 4 is 11.8 Å². The summed E-state index contributed by atoms with van der Waals surface area (Å²) in [6.45, 7) is 1.35. The third-order valence-electron chi connectivity index (χ3n) is 5.75. The number of rotatable bonds is 2. The number of piperidine rings is 1. The summed E-state index contributed by atoms with van der Waals surface area (Å²) in [5.41, 5.74) is 1.71. The SMILES string of the molecule is Cn1cccc1C(=O)N1CCC2(CC1)NC(=O)C[C@@H]2c1ccccc1. The molecule has 4 rings (SSSR count). The molecule has 3 heterocycles. The lowest BCUT2D eigenvalue weighted by atomic mass is 9.74. The van der Waals surface area contributed by atoms with E-state index < -0.39 is 0 Å². The molecule has 5 heteroatoms. The summed E-state index contributed by atoms with van der Waals surface area (Å²) in [7, 11) is 1.89. The molecule has 1 aromatic carbocycles. The minimum absolute atomic E-state index is 0.0722. The number of likely N-dealkylation sites (tertiary alicyclic amines) is 1. The molecule has 5 nitrogen and oxygen atoms in total. The number of benzene rings is 1. The predicted molar refractivity (Wildman–Crippen MR) is 95.2 cm³/mol. The Hall–Kier alpha value is -2.56. The highest BCUT2D eigenvalue weighted by atomic mass is 16.2. The molecule has 2 fully saturated rings. The molecular formula is C20H23N3O2. The van der Waals surface area contributed by atoms with Gasteiger partial charge < -0.3 is 14.8 Å². The van der Waals surface area contributed by atoms with Crippen LogP contribution in [0.2, 0.25) is 0 Å². The summed E-state index contributed by atoms with van der Waals surface area (Å²) in [4.78, 5) is 26.8. The van der Waals surface area contributed by atoms with Crippen LogP contribution in [0.3, 0.4) is 0 Å². The minimum Gasteiger partial charge on any atom is -0.350 e. The average molecular weight is 337 g/mol. The lowest BCUT2D eigenvalue weighted by molar-refractivity contribution is -0.120. The van der Waals surface area contributed by atoms with Crippen molar-refractivity contribution in [2.75, 3.05) is 13.1 Å². The molecule has 2 amide bonds. The summed E-state index contributed by atoms with van der Waals surface area (Å²) in [6.07, 6.45) is 4.03. The lowest BCUT2D eigenvalue weighted by Gasteiger charge is -2.43. The van der Waals surface area contributed by atoms with Crippen LogP contribution in [0, 0.1) is 0 Å². The van der Waals surface area contributed by atoms with Gasteiger partial charge in [0.2, 0.25) is 5.91 Å². The van der Waals surface area contributed by atoms with Crippen molar-refractivity contribution in [3.63, 3.8) is 0 Å². The summed E-state index contributed by atoms with van der Waals surface area (Å²) in [5, 5.41) is 3.24. The Morgan fingerprint density at radius 3 is 2.48 bits per heavy atom. The largest absolute Gasteiger partial charge is 0.350 e. The molecule has 0 unspecified atom stereocenters. The van der Waals surface area contributed by atoms with Gasteiger partial charge in [-0.05, 0) is 30.5 Å². The molecule has 1 N–H and O–H groups in total. The van der Waals surface area contributed by atoms with E-state index in [1.165, 1.54) is 5.56 Å². The number of carbonyl (C=O) groups excluding carboxylic acids is 2. The van der Waals surface area contributed by atoms with E-state index in [-0.39, 0.29) is 23.3 Å². The van der Waals surface area contributed by atoms with Crippen LogP contribution < -0.4 is 5.32 Å². The van der Waals surface area contributed by atoms with E-state index >= 15 is 0 Å². The van der Waals surface area contributed by atoms with E-state index in [4.69, 9.17) is 0 Å². The monoisotopic (exact) mass is 337 g/mol. The smallest absolute Gasteiger partial charge is 0.270 e. The molecule has 0 aliphatic carbocycles. The zero-order valence-corrected chi connectivity index (χ0v) is 14.4. The molecule has 1 spiro atoms. The van der Waals surface area contributed by atoms with Crippen LogP contribution in [-0.2, 0) is 11.8 Å². The van der Waals surface area contributed by atoms with Crippen LogP contribution >= 0.6 is 0 Å². The highest BCUT2D eigenvalue weighted by Crippen LogP contribution is 2.43. The molecule has 2 aliphatic rings. The van der Waals surface area contributed by atoms with Crippen molar-refractivity contribution in [2.24, 2.45) is 7.05 Å². The van der Waals surface area contributed by atoms with E-state index in [0.717, 1.165) is 12.8 Å². The third-order valence-corrected chi connectivity index (χ3v) is 5.75. The third kappa shape index (κ3) is 2.73. The summed E-state index contributed by atoms with van der Waals surface area (Å²) < 4.78 is 1.86. The van der Waals surface area contributed by atoms with E-state index in [9.17, 15) is 9.59 Å². The molecule has 0 bridgehead atoms. The predicted octanol–water partition coefficient (Wildman–Crippen LogP) is 2.30. The number of nitrogens with one attached hydrogen (secondary N) is 1. The Bertz CT molecular complexity index is 788. The first-order chi connectivity index (χ1) is 12.1. The first-order valence-electron chi connectivity index (χ1n) is 8.86. The van der Waals surface area contributed by atoms with E-state index in [1.54, 1.807) is 0 Å². The molecular weight excluding hydrogens is 314 g/mol. The van der Waals surface area contributed by atoms with Crippen LogP contribution in [0.5, 0.6) is 0 Å². The quantitative estimate of drug-likeness (QED) is 0.914. The van der Waals surface area contributed by atoms with Gasteiger partial charge in [-0.1, -0.05) is 30.3 Å². The van der Waals surface area contributed by atoms with E-state index in [0.29, 0.717) is 25.2 Å². The van der Waals surface area contributed by atoms with Crippen molar-refractivity contribution < 1.29 is 9.59 Å². The molecule has 25 heavy (non-hydrogen) atoms. The zero-order valence-electron chi connectivity index (χ0n) is 14.4. The number of aromatic nitrogens is 1. The average Bonchev–Trinajstić information content (AvgIpc) is 3.19. The van der Waals surface area contributed by atoms with Gasteiger partial charge in [0.15, 0.2) is 0 Å². The minimum atomic E-state index is -0.219. The van der Waals surface area contributed by atoms with Gasteiger partial charge in [0.25, 0.3) is 5.91 Å². The van der Waals surface area contributed by atoms with Gasteiger partial charge in [0.1, 0.15) is 5.69 Å². The van der Waals surface area contributed by atoms with Crippen molar-refractivity contribution in [1.29, 1.82) is 0 Å². The molecule has 0 saturated carbocycles. The maximum atomic E-state index is 12.7. The topological polar surface area (TPSA) is 54.3 Å². The van der Waals surface area contributed by atoms with Crippen LogP contribution in [0.25, 0.3) is 0 Å². The van der Waals surface area contributed by atoms with Gasteiger partial charge in [-0.25, -0.2) is 0 Å². The highest BCUT2D eigenvalue weighted by molar-refractivity contribution is 5.93. The maximum absolute atomic E-state index is 12.7. The first kappa shape index (κ1) is 15.9. The van der Waals surface area contributed by atoms with Crippen LogP contribution in [-0.4, -0.2) is 39.9 Å².